The predicted octanol–water partition coefficient (Wildman–Crippen LogP) is 2.59. The summed E-state index contributed by atoms with van der Waals surface area (Å²) in [5.74, 6) is -0.328. The molecule has 27 heavy (non-hydrogen) atoms. The van der Waals surface area contributed by atoms with Crippen molar-refractivity contribution < 1.29 is 4.79 Å². The number of fused-ring (bicyclic) bond motifs is 1. The van der Waals surface area contributed by atoms with Gasteiger partial charge < -0.3 is 5.32 Å². The highest BCUT2D eigenvalue weighted by molar-refractivity contribution is 6.05. The van der Waals surface area contributed by atoms with Crippen molar-refractivity contribution in [2.75, 3.05) is 5.32 Å². The van der Waals surface area contributed by atoms with Gasteiger partial charge in [-0.05, 0) is 31.2 Å². The van der Waals surface area contributed by atoms with Crippen LogP contribution < -0.4 is 5.32 Å². The number of benzene rings is 1. The normalized spacial score (nSPS) is 10.7. The van der Waals surface area contributed by atoms with Gasteiger partial charge in [0, 0.05) is 24.3 Å². The van der Waals surface area contributed by atoms with Crippen molar-refractivity contribution in [2.45, 2.75) is 6.92 Å². The Morgan fingerprint density at radius 2 is 2.04 bits per heavy atom. The molecular formula is C19H15N7O. The summed E-state index contributed by atoms with van der Waals surface area (Å²) in [5.41, 5.74) is 3.61. The van der Waals surface area contributed by atoms with Crippen molar-refractivity contribution in [3.05, 3.63) is 65.9 Å². The van der Waals surface area contributed by atoms with Gasteiger partial charge in [0.2, 0.25) is 0 Å². The summed E-state index contributed by atoms with van der Waals surface area (Å²) in [7, 11) is 1.84. The van der Waals surface area contributed by atoms with Crippen LogP contribution in [0.15, 0.2) is 49.1 Å². The highest BCUT2D eigenvalue weighted by Gasteiger charge is 2.12. The zero-order valence-electron chi connectivity index (χ0n) is 14.7. The Labute approximate surface area is 154 Å². The van der Waals surface area contributed by atoms with Crippen LogP contribution in [0, 0.1) is 18.3 Å². The molecule has 1 aromatic carbocycles. The number of hydrogen-bond acceptors (Lipinski definition) is 5. The van der Waals surface area contributed by atoms with Crippen LogP contribution >= 0.6 is 0 Å². The van der Waals surface area contributed by atoms with E-state index in [-0.39, 0.29) is 5.91 Å². The predicted molar refractivity (Wildman–Crippen MR) is 99.5 cm³/mol. The molecule has 0 atom stereocenters. The summed E-state index contributed by atoms with van der Waals surface area (Å²) >= 11 is 0. The monoisotopic (exact) mass is 357 g/mol. The molecule has 1 amide bonds. The van der Waals surface area contributed by atoms with Crippen LogP contribution in [0.25, 0.3) is 16.6 Å². The first-order valence-electron chi connectivity index (χ1n) is 8.20. The van der Waals surface area contributed by atoms with Crippen molar-refractivity contribution in [3.63, 3.8) is 0 Å². The largest absolute Gasteiger partial charge is 0.322 e. The molecule has 1 N–H and O–H groups in total. The number of aryl methyl sites for hydroxylation is 2. The number of nitriles is 1. The molecule has 0 aliphatic rings. The highest BCUT2D eigenvalue weighted by Crippen LogP contribution is 2.22. The van der Waals surface area contributed by atoms with Crippen molar-refractivity contribution in [2.24, 2.45) is 7.05 Å². The number of nitrogens with one attached hydrogen (secondary N) is 1. The van der Waals surface area contributed by atoms with Crippen LogP contribution in [-0.4, -0.2) is 30.5 Å². The maximum absolute atomic E-state index is 12.5. The van der Waals surface area contributed by atoms with Gasteiger partial charge in [0.25, 0.3) is 5.91 Å². The molecule has 132 valence electrons. The van der Waals surface area contributed by atoms with Gasteiger partial charge in [-0.3, -0.25) is 14.5 Å². The average Bonchev–Trinajstić information content (AvgIpc) is 3.27. The molecule has 0 saturated heterocycles. The van der Waals surface area contributed by atoms with E-state index in [9.17, 15) is 4.79 Å². The second-order valence-electron chi connectivity index (χ2n) is 6.13. The molecule has 0 bridgehead atoms. The van der Waals surface area contributed by atoms with Crippen LogP contribution in [0.3, 0.4) is 0 Å². The Morgan fingerprint density at radius 1 is 1.19 bits per heavy atom. The van der Waals surface area contributed by atoms with Gasteiger partial charge >= 0.3 is 0 Å². The van der Waals surface area contributed by atoms with Gasteiger partial charge in [-0.25, -0.2) is 4.68 Å². The third-order valence-corrected chi connectivity index (χ3v) is 4.23. The average molecular weight is 357 g/mol. The summed E-state index contributed by atoms with van der Waals surface area (Å²) in [6.45, 7) is 1.73. The van der Waals surface area contributed by atoms with Crippen molar-refractivity contribution >= 4 is 22.5 Å². The molecule has 3 heterocycles. The molecule has 0 unspecified atom stereocenters. The first kappa shape index (κ1) is 16.5. The molecular weight excluding hydrogens is 342 g/mol. The molecule has 4 rings (SSSR count). The number of pyridine rings is 1. The van der Waals surface area contributed by atoms with Crippen LogP contribution in [0.5, 0.6) is 0 Å². The number of carbonyl (C=O) groups is 1. The van der Waals surface area contributed by atoms with E-state index in [1.165, 1.54) is 12.3 Å². The van der Waals surface area contributed by atoms with Crippen molar-refractivity contribution in [1.29, 1.82) is 5.26 Å². The summed E-state index contributed by atoms with van der Waals surface area (Å²) in [6, 6.07) is 9.12. The minimum Gasteiger partial charge on any atom is -0.322 e. The smallest absolute Gasteiger partial charge is 0.257 e. The van der Waals surface area contributed by atoms with Crippen molar-refractivity contribution in [3.8, 4) is 11.8 Å². The van der Waals surface area contributed by atoms with Gasteiger partial charge in [0.05, 0.1) is 40.9 Å². The Balaban J connectivity index is 1.66. The molecule has 0 fully saturated rings. The molecule has 0 spiro atoms. The summed E-state index contributed by atoms with van der Waals surface area (Å²) in [5, 5.41) is 21.5. The molecule has 8 heteroatoms. The summed E-state index contributed by atoms with van der Waals surface area (Å²) < 4.78 is 3.46. The molecule has 0 radical (unpaired) electrons. The Hall–Kier alpha value is -3.99. The molecule has 8 nitrogen and oxygen atoms in total. The second kappa shape index (κ2) is 6.38. The minimum atomic E-state index is -0.328. The number of rotatable bonds is 3. The van der Waals surface area contributed by atoms with Crippen LogP contribution in [0.4, 0.5) is 5.69 Å². The lowest BCUT2D eigenvalue weighted by atomic mass is 10.1. The molecule has 0 aliphatic carbocycles. The SMILES string of the molecule is Cc1ncc(C(=O)Nc2ccc3cnn(-c4cnn(C)c4)c3c2)cc1C#N. The van der Waals surface area contributed by atoms with Gasteiger partial charge in [0.1, 0.15) is 11.8 Å². The number of anilines is 1. The zero-order chi connectivity index (χ0) is 19.0. The number of amides is 1. The number of nitrogens with zero attached hydrogens (tertiary/aromatic N) is 6. The summed E-state index contributed by atoms with van der Waals surface area (Å²) in [4.78, 5) is 16.6. The van der Waals surface area contributed by atoms with Gasteiger partial charge in [0.15, 0.2) is 0 Å². The van der Waals surface area contributed by atoms with Crippen LogP contribution in [0.2, 0.25) is 0 Å². The lowest BCUT2D eigenvalue weighted by Crippen LogP contribution is -2.13. The maximum Gasteiger partial charge on any atom is 0.257 e. The van der Waals surface area contributed by atoms with E-state index in [0.29, 0.717) is 22.5 Å². The fourth-order valence-electron chi connectivity index (χ4n) is 2.79. The first-order chi connectivity index (χ1) is 13.0. The number of hydrogen-bond donors (Lipinski definition) is 1. The highest BCUT2D eigenvalue weighted by atomic mass is 16.1. The third-order valence-electron chi connectivity index (χ3n) is 4.23. The van der Waals surface area contributed by atoms with Crippen LogP contribution in [-0.2, 0) is 7.05 Å². The summed E-state index contributed by atoms with van der Waals surface area (Å²) in [6.07, 6.45) is 6.80. The topological polar surface area (TPSA) is 101 Å². The minimum absolute atomic E-state index is 0.328. The molecule has 0 saturated carbocycles. The van der Waals surface area contributed by atoms with E-state index in [0.717, 1.165) is 16.6 Å². The second-order valence-corrected chi connectivity index (χ2v) is 6.13. The lowest BCUT2D eigenvalue weighted by molar-refractivity contribution is 0.102. The standard InChI is InChI=1S/C19H15N7O/c1-12-14(7-20)5-15(8-21-12)19(27)24-16-4-3-13-9-23-26(18(13)6-16)17-10-22-25(2)11-17/h3-6,8-11H,1-2H3,(H,24,27). The number of aromatic nitrogens is 5. The molecule has 4 aromatic rings. The maximum atomic E-state index is 12.5. The Kier molecular flexibility index (Phi) is 3.90. The van der Waals surface area contributed by atoms with E-state index in [2.05, 4.69) is 20.5 Å². The lowest BCUT2D eigenvalue weighted by Gasteiger charge is -2.07. The number of carbonyl (C=O) groups excluding carboxylic acids is 1. The molecule has 0 aliphatic heterocycles. The van der Waals surface area contributed by atoms with E-state index in [4.69, 9.17) is 5.26 Å². The first-order valence-corrected chi connectivity index (χ1v) is 8.20. The van der Waals surface area contributed by atoms with E-state index in [1.807, 2.05) is 37.5 Å². The quantitative estimate of drug-likeness (QED) is 0.607. The van der Waals surface area contributed by atoms with Gasteiger partial charge in [-0.15, -0.1) is 0 Å². The van der Waals surface area contributed by atoms with E-state index < -0.39 is 0 Å². The molecule has 3 aromatic heterocycles. The van der Waals surface area contributed by atoms with Gasteiger partial charge in [-0.2, -0.15) is 15.5 Å². The van der Waals surface area contributed by atoms with E-state index in [1.54, 1.807) is 28.7 Å². The zero-order valence-corrected chi connectivity index (χ0v) is 14.7. The fraction of sp³-hybridized carbons (Fsp3) is 0.105. The van der Waals surface area contributed by atoms with Crippen molar-refractivity contribution in [1.82, 2.24) is 24.5 Å². The Bertz CT molecular complexity index is 1210. The van der Waals surface area contributed by atoms with E-state index >= 15 is 0 Å². The fourth-order valence-corrected chi connectivity index (χ4v) is 2.79. The van der Waals surface area contributed by atoms with Crippen LogP contribution in [0.1, 0.15) is 21.6 Å². The Morgan fingerprint density at radius 3 is 2.78 bits per heavy atom. The van der Waals surface area contributed by atoms with Gasteiger partial charge in [-0.1, -0.05) is 0 Å². The third kappa shape index (κ3) is 3.02.